The van der Waals surface area contributed by atoms with Crippen molar-refractivity contribution in [1.82, 2.24) is 19.7 Å². The molecule has 2 heterocycles. The molecule has 2 aromatic rings. The van der Waals surface area contributed by atoms with Crippen LogP contribution in [0.1, 0.15) is 18.9 Å². The molecule has 1 fully saturated rings. The first-order valence-corrected chi connectivity index (χ1v) is 6.88. The van der Waals surface area contributed by atoms with Gasteiger partial charge in [0.25, 0.3) is 5.69 Å². The van der Waals surface area contributed by atoms with Crippen molar-refractivity contribution in [1.29, 1.82) is 0 Å². The van der Waals surface area contributed by atoms with Crippen LogP contribution in [0.3, 0.4) is 0 Å². The third-order valence-electron chi connectivity index (χ3n) is 2.93. The molecule has 0 radical (unpaired) electrons. The van der Waals surface area contributed by atoms with Crippen LogP contribution in [-0.4, -0.2) is 24.7 Å². The molecule has 1 aliphatic carbocycles. The molecule has 0 aliphatic heterocycles. The third-order valence-corrected chi connectivity index (χ3v) is 3.81. The second-order valence-corrected chi connectivity index (χ2v) is 5.45. The van der Waals surface area contributed by atoms with E-state index in [1.165, 1.54) is 12.1 Å². The second kappa shape index (κ2) is 5.18. The number of rotatable bonds is 5. The zero-order valence-corrected chi connectivity index (χ0v) is 11.5. The van der Waals surface area contributed by atoms with Gasteiger partial charge in [-0.1, -0.05) is 0 Å². The van der Waals surface area contributed by atoms with E-state index in [4.69, 9.17) is 5.84 Å². The first-order chi connectivity index (χ1) is 10.1. The number of H-pyrrole nitrogens is 1. The Balaban J connectivity index is 1.96. The van der Waals surface area contributed by atoms with Gasteiger partial charge in [0.1, 0.15) is 10.8 Å². The minimum absolute atomic E-state index is 0.142. The lowest BCUT2D eigenvalue weighted by Crippen LogP contribution is -2.16. The van der Waals surface area contributed by atoms with Crippen molar-refractivity contribution in [2.45, 2.75) is 29.1 Å². The number of anilines is 1. The Morgan fingerprint density at radius 1 is 1.52 bits per heavy atom. The molecule has 0 aromatic carbocycles. The molecule has 10 nitrogen and oxygen atoms in total. The average molecular weight is 309 g/mol. The van der Waals surface area contributed by atoms with Gasteiger partial charge in [-0.2, -0.15) is 0 Å². The fourth-order valence-electron chi connectivity index (χ4n) is 1.83. The summed E-state index contributed by atoms with van der Waals surface area (Å²) in [5.41, 5.74) is 1.85. The van der Waals surface area contributed by atoms with Gasteiger partial charge in [-0.15, -0.1) is 5.10 Å². The Labute approximate surface area is 121 Å². The third kappa shape index (κ3) is 2.73. The molecule has 3 rings (SSSR count). The highest BCUT2D eigenvalue weighted by Crippen LogP contribution is 2.37. The minimum Gasteiger partial charge on any atom is -0.308 e. The van der Waals surface area contributed by atoms with E-state index in [9.17, 15) is 14.9 Å². The lowest BCUT2D eigenvalue weighted by Gasteiger charge is -2.05. The van der Waals surface area contributed by atoms with Crippen molar-refractivity contribution in [2.75, 3.05) is 5.43 Å². The van der Waals surface area contributed by atoms with Crippen molar-refractivity contribution in [3.8, 4) is 0 Å². The number of nitrogens with zero attached hydrogens (tertiary/aromatic N) is 4. The summed E-state index contributed by atoms with van der Waals surface area (Å²) >= 11 is 1.07. The normalized spacial score (nSPS) is 14.1. The Bertz CT molecular complexity index is 751. The summed E-state index contributed by atoms with van der Waals surface area (Å²) in [4.78, 5) is 26.1. The van der Waals surface area contributed by atoms with Crippen molar-refractivity contribution >= 4 is 23.3 Å². The number of hydrogen-bond donors (Lipinski definition) is 3. The Morgan fingerprint density at radius 2 is 2.29 bits per heavy atom. The summed E-state index contributed by atoms with van der Waals surface area (Å²) in [6.07, 6.45) is 1.84. The summed E-state index contributed by atoms with van der Waals surface area (Å²) in [5.74, 6) is 5.42. The average Bonchev–Trinajstić information content (AvgIpc) is 3.23. The molecule has 0 bridgehead atoms. The number of aromatic nitrogens is 4. The van der Waals surface area contributed by atoms with Crippen molar-refractivity contribution < 1.29 is 4.92 Å². The van der Waals surface area contributed by atoms with E-state index >= 15 is 0 Å². The van der Waals surface area contributed by atoms with Crippen LogP contribution < -0.4 is 17.0 Å². The Morgan fingerprint density at radius 3 is 2.90 bits per heavy atom. The molecule has 110 valence electrons. The number of nitrogen functional groups attached to an aromatic ring is 1. The minimum atomic E-state index is -0.537. The highest BCUT2D eigenvalue weighted by Gasteiger charge is 2.29. The van der Waals surface area contributed by atoms with Gasteiger partial charge in [0.2, 0.25) is 0 Å². The van der Waals surface area contributed by atoms with E-state index in [1.54, 1.807) is 4.57 Å². The maximum atomic E-state index is 11.7. The van der Waals surface area contributed by atoms with E-state index in [0.29, 0.717) is 10.2 Å². The highest BCUT2D eigenvalue weighted by atomic mass is 32.2. The number of hydrogen-bond acceptors (Lipinski definition) is 8. The SMILES string of the molecule is NNc1cc([N+](=O)[O-])cc(Sc2n[nH]c(=O)n2C2CC2)n1. The highest BCUT2D eigenvalue weighted by molar-refractivity contribution is 7.99. The van der Waals surface area contributed by atoms with Gasteiger partial charge < -0.3 is 5.43 Å². The zero-order valence-electron chi connectivity index (χ0n) is 10.6. The Kier molecular flexibility index (Phi) is 3.35. The maximum absolute atomic E-state index is 11.7. The van der Waals surface area contributed by atoms with E-state index in [-0.39, 0.29) is 23.2 Å². The molecule has 21 heavy (non-hydrogen) atoms. The first-order valence-electron chi connectivity index (χ1n) is 6.06. The Hall–Kier alpha value is -2.40. The molecule has 0 saturated heterocycles. The van der Waals surface area contributed by atoms with Crippen LogP contribution in [0.15, 0.2) is 27.1 Å². The van der Waals surface area contributed by atoms with E-state index < -0.39 is 4.92 Å². The summed E-state index contributed by atoms with van der Waals surface area (Å²) in [6, 6.07) is 2.68. The smallest absolute Gasteiger partial charge is 0.308 e. The fourth-order valence-corrected chi connectivity index (χ4v) is 2.77. The number of pyridine rings is 1. The molecule has 0 unspecified atom stereocenters. The van der Waals surface area contributed by atoms with E-state index in [0.717, 1.165) is 24.6 Å². The molecular weight excluding hydrogens is 298 g/mol. The van der Waals surface area contributed by atoms with Gasteiger partial charge in [-0.05, 0) is 24.6 Å². The van der Waals surface area contributed by atoms with Gasteiger partial charge in [0, 0.05) is 12.1 Å². The van der Waals surface area contributed by atoms with Crippen LogP contribution in [-0.2, 0) is 0 Å². The quantitative estimate of drug-likeness (QED) is 0.414. The molecule has 0 amide bonds. The fraction of sp³-hybridized carbons (Fsp3) is 0.300. The summed E-state index contributed by atoms with van der Waals surface area (Å²) in [7, 11) is 0. The zero-order chi connectivity index (χ0) is 15.0. The number of aromatic amines is 1. The van der Waals surface area contributed by atoms with Gasteiger partial charge in [-0.3, -0.25) is 14.7 Å². The number of nitrogens with one attached hydrogen (secondary N) is 2. The van der Waals surface area contributed by atoms with Crippen molar-refractivity contribution in [3.05, 3.63) is 32.7 Å². The van der Waals surface area contributed by atoms with Crippen LogP contribution in [0.4, 0.5) is 11.5 Å². The second-order valence-electron chi connectivity index (χ2n) is 4.46. The summed E-state index contributed by atoms with van der Waals surface area (Å²) in [5, 5.41) is 18.0. The van der Waals surface area contributed by atoms with Gasteiger partial charge in [0.15, 0.2) is 5.16 Å². The van der Waals surface area contributed by atoms with Gasteiger partial charge in [-0.25, -0.2) is 20.7 Å². The van der Waals surface area contributed by atoms with Crippen LogP contribution in [0.25, 0.3) is 0 Å². The molecule has 11 heteroatoms. The lowest BCUT2D eigenvalue weighted by molar-refractivity contribution is -0.385. The van der Waals surface area contributed by atoms with Gasteiger partial charge >= 0.3 is 5.69 Å². The van der Waals surface area contributed by atoms with Crippen LogP contribution in [0, 0.1) is 10.1 Å². The predicted octanol–water partition coefficient (Wildman–Crippen LogP) is 0.646. The lowest BCUT2D eigenvalue weighted by atomic mass is 10.4. The standard InChI is InChI=1S/C10H11N7O3S/c11-13-7-3-6(17(19)20)4-8(12-7)21-10-15-14-9(18)16(10)5-1-2-5/h3-5H,1-2,11H2,(H,12,13)(H,14,18). The number of nitrogens with two attached hydrogens (primary N) is 1. The molecule has 1 saturated carbocycles. The number of hydrazine groups is 1. The van der Waals surface area contributed by atoms with Crippen LogP contribution in [0.2, 0.25) is 0 Å². The van der Waals surface area contributed by atoms with Crippen molar-refractivity contribution in [2.24, 2.45) is 5.84 Å². The summed E-state index contributed by atoms with van der Waals surface area (Å²) in [6.45, 7) is 0. The summed E-state index contributed by atoms with van der Waals surface area (Å²) < 4.78 is 1.54. The van der Waals surface area contributed by atoms with Crippen LogP contribution >= 0.6 is 11.8 Å². The molecule has 0 atom stereocenters. The van der Waals surface area contributed by atoms with Crippen molar-refractivity contribution in [3.63, 3.8) is 0 Å². The van der Waals surface area contributed by atoms with E-state index in [2.05, 4.69) is 20.6 Å². The predicted molar refractivity (Wildman–Crippen MR) is 73.9 cm³/mol. The maximum Gasteiger partial charge on any atom is 0.344 e. The monoisotopic (exact) mass is 309 g/mol. The molecular formula is C10H11N7O3S. The van der Waals surface area contributed by atoms with Crippen LogP contribution in [0.5, 0.6) is 0 Å². The molecule has 2 aromatic heterocycles. The molecule has 0 spiro atoms. The largest absolute Gasteiger partial charge is 0.344 e. The molecule has 1 aliphatic rings. The van der Waals surface area contributed by atoms with E-state index in [1.807, 2.05) is 0 Å². The first kappa shape index (κ1) is 13.6. The molecule has 4 N–H and O–H groups in total. The topological polar surface area (TPSA) is 145 Å². The number of nitro groups is 1. The van der Waals surface area contributed by atoms with Gasteiger partial charge in [0.05, 0.1) is 11.0 Å².